The van der Waals surface area contributed by atoms with Crippen molar-refractivity contribution in [2.24, 2.45) is 11.8 Å². The van der Waals surface area contributed by atoms with E-state index in [4.69, 9.17) is 0 Å². The van der Waals surface area contributed by atoms with Crippen LogP contribution in [0.3, 0.4) is 0 Å². The van der Waals surface area contributed by atoms with Gasteiger partial charge in [0.2, 0.25) is 0 Å². The van der Waals surface area contributed by atoms with Gasteiger partial charge in [-0.25, -0.2) is 0 Å². The fraction of sp³-hybridized carbons (Fsp3) is 0.419. The van der Waals surface area contributed by atoms with Crippen molar-refractivity contribution < 1.29 is 15.0 Å². The maximum Gasteiger partial charge on any atom is 0.259 e. The van der Waals surface area contributed by atoms with Gasteiger partial charge in [-0.3, -0.25) is 14.5 Å². The molecule has 3 aromatic rings. The monoisotopic (exact) mass is 496 g/mol. The summed E-state index contributed by atoms with van der Waals surface area (Å²) in [5.41, 5.74) is 2.14. The molecule has 37 heavy (non-hydrogen) atoms. The molecule has 6 nitrogen and oxygen atoms in total. The van der Waals surface area contributed by atoms with E-state index in [9.17, 15) is 19.8 Å². The highest BCUT2D eigenvalue weighted by atomic mass is 16.3. The molecule has 4 aliphatic rings. The van der Waals surface area contributed by atoms with E-state index in [2.05, 4.69) is 9.88 Å². The summed E-state index contributed by atoms with van der Waals surface area (Å²) < 4.78 is 0. The molecule has 3 aliphatic carbocycles. The van der Waals surface area contributed by atoms with Crippen LogP contribution in [0, 0.1) is 18.8 Å². The summed E-state index contributed by atoms with van der Waals surface area (Å²) in [5, 5.41) is 23.2. The largest absolute Gasteiger partial charge is 0.508 e. The molecule has 7 rings (SSSR count). The molecular weight excluding hydrogens is 464 g/mol. The Balaban J connectivity index is 1.36. The number of phenols is 1. The molecule has 0 amide bonds. The van der Waals surface area contributed by atoms with Crippen LogP contribution in [0.1, 0.15) is 57.6 Å². The van der Waals surface area contributed by atoms with Crippen molar-refractivity contribution in [2.75, 3.05) is 13.1 Å². The molecular formula is C31H32N2O4. The minimum Gasteiger partial charge on any atom is -0.508 e. The quantitative estimate of drug-likeness (QED) is 0.470. The number of aromatic amines is 1. The third kappa shape index (κ3) is 3.32. The zero-order valence-corrected chi connectivity index (χ0v) is 21.0. The van der Waals surface area contributed by atoms with Crippen molar-refractivity contribution in [1.82, 2.24) is 9.88 Å². The smallest absolute Gasteiger partial charge is 0.259 e. The van der Waals surface area contributed by atoms with Gasteiger partial charge in [0.1, 0.15) is 5.75 Å². The average Bonchev–Trinajstić information content (AvgIpc) is 3.66. The van der Waals surface area contributed by atoms with Crippen LogP contribution < -0.4 is 5.56 Å². The Labute approximate surface area is 216 Å². The predicted molar refractivity (Wildman–Crippen MR) is 140 cm³/mol. The highest BCUT2D eigenvalue weighted by molar-refractivity contribution is 6.08. The van der Waals surface area contributed by atoms with E-state index in [1.165, 1.54) is 12.8 Å². The molecule has 0 bridgehead atoms. The number of carbonyl (C=O) groups excluding carboxylic acids is 1. The molecule has 1 unspecified atom stereocenters. The summed E-state index contributed by atoms with van der Waals surface area (Å²) >= 11 is 0. The lowest BCUT2D eigenvalue weighted by Gasteiger charge is -2.55. The summed E-state index contributed by atoms with van der Waals surface area (Å²) in [7, 11) is 0. The van der Waals surface area contributed by atoms with Crippen molar-refractivity contribution in [3.8, 4) is 5.75 Å². The Kier molecular flexibility index (Phi) is 4.89. The molecule has 1 saturated heterocycles. The van der Waals surface area contributed by atoms with Gasteiger partial charge in [0, 0.05) is 48.6 Å². The number of pyridine rings is 1. The standard InChI is InChI=1S/C31H32N2O4/c1-18-7-10-23(34)12-25(18)30-13-22-17-33(16-19-8-9-19)28(22)31(30,37)14-21-11-24(29(36)32-26(21)15-30)27(35)20-5-3-2-4-6-20/h2-7,10-12,19,22,28,34,37H,8-9,13-17H2,1H3,(H,32,36)/t22?,28-,30-,31-/m1/s1. The second-order valence-corrected chi connectivity index (χ2v) is 11.9. The highest BCUT2D eigenvalue weighted by Gasteiger charge is 2.70. The number of phenolic OH excluding ortho intramolecular Hbond substituents is 1. The van der Waals surface area contributed by atoms with Crippen LogP contribution in [0.4, 0.5) is 0 Å². The number of hydrogen-bond donors (Lipinski definition) is 3. The van der Waals surface area contributed by atoms with E-state index in [-0.39, 0.29) is 23.1 Å². The van der Waals surface area contributed by atoms with Crippen LogP contribution in [-0.4, -0.2) is 50.6 Å². The summed E-state index contributed by atoms with van der Waals surface area (Å²) in [6.45, 7) is 4.04. The van der Waals surface area contributed by atoms with Crippen LogP contribution in [-0.2, 0) is 18.3 Å². The fourth-order valence-corrected chi connectivity index (χ4v) is 7.77. The number of ketones is 1. The van der Waals surface area contributed by atoms with E-state index in [0.29, 0.717) is 24.3 Å². The summed E-state index contributed by atoms with van der Waals surface area (Å²) in [5.74, 6) is 0.969. The number of aromatic nitrogens is 1. The number of hydrogen-bond acceptors (Lipinski definition) is 5. The molecule has 190 valence electrons. The van der Waals surface area contributed by atoms with E-state index >= 15 is 0 Å². The Morgan fingerprint density at radius 3 is 2.65 bits per heavy atom. The first-order valence-electron chi connectivity index (χ1n) is 13.4. The Bertz CT molecular complexity index is 1480. The minimum absolute atomic E-state index is 0.0307. The van der Waals surface area contributed by atoms with Crippen molar-refractivity contribution >= 4 is 5.78 Å². The van der Waals surface area contributed by atoms with Crippen molar-refractivity contribution in [3.05, 3.63) is 98.5 Å². The third-order valence-corrected chi connectivity index (χ3v) is 9.60. The zero-order chi connectivity index (χ0) is 25.5. The predicted octanol–water partition coefficient (Wildman–Crippen LogP) is 3.50. The van der Waals surface area contributed by atoms with Gasteiger partial charge in [-0.1, -0.05) is 36.4 Å². The van der Waals surface area contributed by atoms with Gasteiger partial charge < -0.3 is 15.2 Å². The van der Waals surface area contributed by atoms with Gasteiger partial charge in [-0.2, -0.15) is 0 Å². The highest BCUT2D eigenvalue weighted by Crippen LogP contribution is 2.62. The van der Waals surface area contributed by atoms with Crippen LogP contribution in [0.15, 0.2) is 59.4 Å². The van der Waals surface area contributed by atoms with E-state index < -0.39 is 16.6 Å². The first-order chi connectivity index (χ1) is 17.8. The lowest BCUT2D eigenvalue weighted by Crippen LogP contribution is -2.68. The van der Waals surface area contributed by atoms with Gasteiger partial charge in [0.05, 0.1) is 11.2 Å². The first-order valence-corrected chi connectivity index (χ1v) is 13.4. The second-order valence-electron chi connectivity index (χ2n) is 11.9. The van der Waals surface area contributed by atoms with E-state index in [1.54, 1.807) is 36.4 Å². The van der Waals surface area contributed by atoms with Crippen molar-refractivity contribution in [1.29, 1.82) is 0 Å². The normalized spacial score (nSPS) is 30.2. The lowest BCUT2D eigenvalue weighted by atomic mass is 9.59. The average molecular weight is 497 g/mol. The fourth-order valence-electron chi connectivity index (χ4n) is 7.77. The number of aryl methyl sites for hydroxylation is 1. The van der Waals surface area contributed by atoms with E-state index in [0.717, 1.165) is 47.8 Å². The summed E-state index contributed by atoms with van der Waals surface area (Å²) in [6.07, 6.45) is 4.18. The van der Waals surface area contributed by atoms with Crippen LogP contribution >= 0.6 is 0 Å². The number of rotatable bonds is 5. The molecule has 1 aliphatic heterocycles. The molecule has 3 fully saturated rings. The van der Waals surface area contributed by atoms with Gasteiger partial charge in [-0.15, -0.1) is 0 Å². The van der Waals surface area contributed by atoms with Crippen molar-refractivity contribution in [3.63, 3.8) is 0 Å². The number of aliphatic hydroxyl groups is 1. The second kappa shape index (κ2) is 7.89. The molecule has 0 radical (unpaired) electrons. The van der Waals surface area contributed by atoms with E-state index in [1.807, 2.05) is 25.1 Å². The van der Waals surface area contributed by atoms with Gasteiger partial charge in [0.15, 0.2) is 5.78 Å². The number of carbonyl (C=O) groups is 1. The molecule has 2 aromatic carbocycles. The SMILES string of the molecule is Cc1ccc(O)cc1[C@@]12Cc3[nH]c(=O)c(C(=O)c4ccccc4)cc3C[C@@]1(O)[C@H]1C(CN1CC1CC1)C2. The third-order valence-electron chi connectivity index (χ3n) is 9.60. The number of nitrogens with zero attached hydrogens (tertiary/aromatic N) is 1. The molecule has 0 spiro atoms. The number of nitrogens with one attached hydrogen (secondary N) is 1. The molecule has 2 heterocycles. The summed E-state index contributed by atoms with van der Waals surface area (Å²) in [4.78, 5) is 31.9. The molecule has 2 saturated carbocycles. The lowest BCUT2D eigenvalue weighted by molar-refractivity contribution is -0.118. The number of benzene rings is 2. The van der Waals surface area contributed by atoms with Crippen LogP contribution in [0.25, 0.3) is 0 Å². The molecule has 3 N–H and O–H groups in total. The number of H-pyrrole nitrogens is 1. The Hall–Kier alpha value is -3.22. The number of fused-ring (bicyclic) bond motifs is 4. The van der Waals surface area contributed by atoms with Crippen LogP contribution in [0.2, 0.25) is 0 Å². The Morgan fingerprint density at radius 1 is 1.11 bits per heavy atom. The topological polar surface area (TPSA) is 93.6 Å². The summed E-state index contributed by atoms with van der Waals surface area (Å²) in [6, 6.07) is 16.0. The Morgan fingerprint density at radius 2 is 1.89 bits per heavy atom. The van der Waals surface area contributed by atoms with Crippen LogP contribution in [0.5, 0.6) is 5.75 Å². The maximum atomic E-state index is 13.2. The number of aromatic hydroxyl groups is 1. The molecule has 4 atom stereocenters. The minimum atomic E-state index is -1.07. The maximum absolute atomic E-state index is 13.2. The first kappa shape index (κ1) is 22.9. The van der Waals surface area contributed by atoms with Crippen molar-refractivity contribution in [2.45, 2.75) is 56.1 Å². The van der Waals surface area contributed by atoms with Gasteiger partial charge in [-0.05, 0) is 72.9 Å². The van der Waals surface area contributed by atoms with Gasteiger partial charge >= 0.3 is 0 Å². The molecule has 1 aromatic heterocycles. The zero-order valence-electron chi connectivity index (χ0n) is 21.0. The molecule has 6 heteroatoms. The van der Waals surface area contributed by atoms with Gasteiger partial charge in [0.25, 0.3) is 5.56 Å². The number of likely N-dealkylation sites (tertiary alicyclic amines) is 1.